The van der Waals surface area contributed by atoms with E-state index in [4.69, 9.17) is 4.74 Å². The first-order valence-corrected chi connectivity index (χ1v) is 7.50. The Kier molecular flexibility index (Phi) is 4.08. The molecule has 0 aromatic heterocycles. The minimum atomic E-state index is -0.718. The van der Waals surface area contributed by atoms with Crippen molar-refractivity contribution in [2.45, 2.75) is 13.0 Å². The molecule has 1 saturated heterocycles. The van der Waals surface area contributed by atoms with Gasteiger partial charge in [-0.1, -0.05) is 42.0 Å². The molecule has 0 bridgehead atoms. The molecule has 1 aliphatic heterocycles. The quantitative estimate of drug-likeness (QED) is 0.517. The number of hydrogen-bond donors (Lipinski definition) is 2. The maximum Gasteiger partial charge on any atom is 0.293 e. The number of aliphatic hydroxyl groups excluding tert-OH is 1. The topological polar surface area (TPSA) is 75.6 Å². The lowest BCUT2D eigenvalue weighted by Gasteiger charge is -2.14. The molecule has 2 aromatic rings. The molecule has 2 N–H and O–H groups in total. The average Bonchev–Trinajstić information content (AvgIpc) is 2.90. The number of amides is 1. The number of nitrogens with one attached hydrogen (secondary N) is 1. The lowest BCUT2D eigenvalue weighted by molar-refractivity contribution is -0.133. The van der Waals surface area contributed by atoms with Gasteiger partial charge in [0.1, 0.15) is 11.5 Å². The molecular formula is C19H17NO4. The molecule has 0 aliphatic carbocycles. The lowest BCUT2D eigenvalue weighted by atomic mass is 9.95. The number of hydrogen-bond acceptors (Lipinski definition) is 4. The van der Waals surface area contributed by atoms with E-state index in [2.05, 4.69) is 5.32 Å². The summed E-state index contributed by atoms with van der Waals surface area (Å²) in [5, 5.41) is 13.2. The van der Waals surface area contributed by atoms with Crippen LogP contribution in [0.2, 0.25) is 0 Å². The summed E-state index contributed by atoms with van der Waals surface area (Å²) in [4.78, 5) is 24.1. The van der Waals surface area contributed by atoms with Crippen molar-refractivity contribution in [2.75, 3.05) is 7.11 Å². The Morgan fingerprint density at radius 3 is 2.25 bits per heavy atom. The summed E-state index contributed by atoms with van der Waals surface area (Å²) >= 11 is 0. The first-order chi connectivity index (χ1) is 11.5. The van der Waals surface area contributed by atoms with Gasteiger partial charge in [-0.15, -0.1) is 0 Å². The van der Waals surface area contributed by atoms with E-state index in [-0.39, 0.29) is 11.3 Å². The number of aliphatic hydroxyl groups is 1. The zero-order valence-electron chi connectivity index (χ0n) is 13.4. The van der Waals surface area contributed by atoms with E-state index < -0.39 is 17.7 Å². The van der Waals surface area contributed by atoms with Crippen LogP contribution < -0.4 is 10.1 Å². The second kappa shape index (κ2) is 6.20. The molecule has 1 fully saturated rings. The van der Waals surface area contributed by atoms with Gasteiger partial charge < -0.3 is 15.2 Å². The predicted molar refractivity (Wildman–Crippen MR) is 89.6 cm³/mol. The summed E-state index contributed by atoms with van der Waals surface area (Å²) < 4.78 is 5.11. The van der Waals surface area contributed by atoms with Crippen LogP contribution in [0.15, 0.2) is 54.1 Å². The van der Waals surface area contributed by atoms with Crippen LogP contribution in [0.3, 0.4) is 0 Å². The summed E-state index contributed by atoms with van der Waals surface area (Å²) in [5.74, 6) is -0.944. The molecule has 5 heteroatoms. The summed E-state index contributed by atoms with van der Waals surface area (Å²) in [6, 6.07) is 13.4. The van der Waals surface area contributed by atoms with Crippen molar-refractivity contribution in [3.63, 3.8) is 0 Å². The Labute approximate surface area is 139 Å². The third-order valence-corrected chi connectivity index (χ3v) is 4.04. The number of rotatable bonds is 3. The van der Waals surface area contributed by atoms with Crippen molar-refractivity contribution < 1.29 is 19.4 Å². The fourth-order valence-corrected chi connectivity index (χ4v) is 2.68. The molecule has 5 nitrogen and oxygen atoms in total. The SMILES string of the molecule is COc1ccc([C@H]2NC(=O)C(=O)/C2=C(/O)c2ccc(C)cc2)cc1. The molecule has 3 rings (SSSR count). The van der Waals surface area contributed by atoms with Gasteiger partial charge in [-0.3, -0.25) is 9.59 Å². The third-order valence-electron chi connectivity index (χ3n) is 4.04. The number of ether oxygens (including phenoxy) is 1. The Balaban J connectivity index is 2.07. The van der Waals surface area contributed by atoms with Crippen LogP contribution in [-0.2, 0) is 9.59 Å². The fourth-order valence-electron chi connectivity index (χ4n) is 2.68. The summed E-state index contributed by atoms with van der Waals surface area (Å²) in [5.41, 5.74) is 2.30. The molecule has 1 aliphatic rings. The molecule has 0 radical (unpaired) electrons. The molecule has 24 heavy (non-hydrogen) atoms. The zero-order valence-corrected chi connectivity index (χ0v) is 13.4. The lowest BCUT2D eigenvalue weighted by Crippen LogP contribution is -2.21. The van der Waals surface area contributed by atoms with Crippen molar-refractivity contribution in [3.8, 4) is 5.75 Å². The highest BCUT2D eigenvalue weighted by molar-refractivity contribution is 6.46. The summed E-state index contributed by atoms with van der Waals surface area (Å²) in [6.07, 6.45) is 0. The monoisotopic (exact) mass is 323 g/mol. The van der Waals surface area contributed by atoms with Gasteiger partial charge in [-0.25, -0.2) is 0 Å². The molecular weight excluding hydrogens is 306 g/mol. The Bertz CT molecular complexity index is 819. The van der Waals surface area contributed by atoms with Gasteiger partial charge in [0.15, 0.2) is 0 Å². The van der Waals surface area contributed by atoms with Gasteiger partial charge in [-0.2, -0.15) is 0 Å². The van der Waals surface area contributed by atoms with E-state index in [9.17, 15) is 14.7 Å². The molecule has 122 valence electrons. The second-order valence-electron chi connectivity index (χ2n) is 5.64. The van der Waals surface area contributed by atoms with Crippen LogP contribution in [-0.4, -0.2) is 23.9 Å². The fraction of sp³-hybridized carbons (Fsp3) is 0.158. The van der Waals surface area contributed by atoms with Gasteiger partial charge in [0, 0.05) is 5.56 Å². The van der Waals surface area contributed by atoms with Crippen molar-refractivity contribution >= 4 is 17.4 Å². The van der Waals surface area contributed by atoms with Gasteiger partial charge in [0.2, 0.25) is 0 Å². The van der Waals surface area contributed by atoms with Gasteiger partial charge in [-0.05, 0) is 24.6 Å². The minimum Gasteiger partial charge on any atom is -0.507 e. The summed E-state index contributed by atoms with van der Waals surface area (Å²) in [7, 11) is 1.56. The molecule has 0 saturated carbocycles. The number of carbonyl (C=O) groups excluding carboxylic acids is 2. The number of carbonyl (C=O) groups is 2. The Morgan fingerprint density at radius 1 is 1.04 bits per heavy atom. The number of benzene rings is 2. The number of Topliss-reactive ketones (excluding diaryl/α,β-unsaturated/α-hetero) is 1. The Hall–Kier alpha value is -3.08. The number of aryl methyl sites for hydroxylation is 1. The average molecular weight is 323 g/mol. The smallest absolute Gasteiger partial charge is 0.293 e. The molecule has 1 atom stereocenters. The second-order valence-corrected chi connectivity index (χ2v) is 5.64. The predicted octanol–water partition coefficient (Wildman–Crippen LogP) is 2.71. The largest absolute Gasteiger partial charge is 0.507 e. The van der Waals surface area contributed by atoms with Crippen LogP contribution >= 0.6 is 0 Å². The van der Waals surface area contributed by atoms with Gasteiger partial charge in [0.05, 0.1) is 18.7 Å². The highest BCUT2D eigenvalue weighted by atomic mass is 16.5. The Morgan fingerprint density at radius 2 is 1.67 bits per heavy atom. The van der Waals surface area contributed by atoms with Crippen LogP contribution in [0.4, 0.5) is 0 Å². The molecule has 0 spiro atoms. The van der Waals surface area contributed by atoms with Gasteiger partial charge >= 0.3 is 0 Å². The molecule has 2 aromatic carbocycles. The van der Waals surface area contributed by atoms with Crippen LogP contribution in [0, 0.1) is 6.92 Å². The van der Waals surface area contributed by atoms with Crippen LogP contribution in [0.25, 0.3) is 5.76 Å². The highest BCUT2D eigenvalue weighted by Crippen LogP contribution is 2.33. The molecule has 0 unspecified atom stereocenters. The van der Waals surface area contributed by atoms with Gasteiger partial charge in [0.25, 0.3) is 11.7 Å². The van der Waals surface area contributed by atoms with Crippen LogP contribution in [0.5, 0.6) is 5.75 Å². The van der Waals surface area contributed by atoms with Crippen LogP contribution in [0.1, 0.15) is 22.7 Å². The standard InChI is InChI=1S/C19H17NO4/c1-11-3-5-13(6-4-11)17(21)15-16(20-19(23)18(15)22)12-7-9-14(24-2)10-8-12/h3-10,16,21H,1-2H3,(H,20,23)/b17-15+/t16-/m1/s1. The van der Waals surface area contributed by atoms with E-state index in [0.29, 0.717) is 16.9 Å². The van der Waals surface area contributed by atoms with Crippen molar-refractivity contribution in [1.29, 1.82) is 0 Å². The zero-order chi connectivity index (χ0) is 17.3. The first kappa shape index (κ1) is 15.8. The van der Waals surface area contributed by atoms with E-state index >= 15 is 0 Å². The third kappa shape index (κ3) is 2.76. The minimum absolute atomic E-state index is 0.0639. The van der Waals surface area contributed by atoms with Crippen molar-refractivity contribution in [3.05, 3.63) is 70.8 Å². The summed E-state index contributed by atoms with van der Waals surface area (Å²) in [6.45, 7) is 1.93. The highest BCUT2D eigenvalue weighted by Gasteiger charge is 2.39. The molecule has 1 amide bonds. The number of ketones is 1. The molecule has 1 heterocycles. The van der Waals surface area contributed by atoms with Crippen molar-refractivity contribution in [1.82, 2.24) is 5.32 Å². The van der Waals surface area contributed by atoms with E-state index in [1.165, 1.54) is 0 Å². The van der Waals surface area contributed by atoms with E-state index in [1.54, 1.807) is 43.5 Å². The number of methoxy groups -OCH3 is 1. The first-order valence-electron chi connectivity index (χ1n) is 7.50. The van der Waals surface area contributed by atoms with E-state index in [1.807, 2.05) is 19.1 Å². The maximum atomic E-state index is 12.2. The normalized spacial score (nSPS) is 19.2. The van der Waals surface area contributed by atoms with Crippen molar-refractivity contribution in [2.24, 2.45) is 0 Å². The maximum absolute atomic E-state index is 12.2. The van der Waals surface area contributed by atoms with E-state index in [0.717, 1.165) is 5.56 Å².